The molecule has 1 aromatic heterocycles. The molecule has 3 aromatic rings. The Labute approximate surface area is 204 Å². The van der Waals surface area contributed by atoms with Crippen LogP contribution in [-0.2, 0) is 11.3 Å². The molecule has 1 amide bonds. The van der Waals surface area contributed by atoms with Crippen molar-refractivity contribution in [2.45, 2.75) is 43.5 Å². The Bertz CT molecular complexity index is 1270. The number of nitrogens with zero attached hydrogens (tertiary/aromatic N) is 3. The quantitative estimate of drug-likeness (QED) is 0.513. The summed E-state index contributed by atoms with van der Waals surface area (Å²) in [4.78, 5) is 30.7. The van der Waals surface area contributed by atoms with Crippen LogP contribution < -0.4 is 5.56 Å². The molecular formula is C26H25F4N3O3. The third-order valence-electron chi connectivity index (χ3n) is 6.52. The monoisotopic (exact) mass is 503 g/mol. The molecule has 0 radical (unpaired) electrons. The maximum atomic E-state index is 14.0. The van der Waals surface area contributed by atoms with Crippen molar-refractivity contribution in [1.29, 1.82) is 0 Å². The van der Waals surface area contributed by atoms with Crippen LogP contribution in [0.4, 0.5) is 17.6 Å². The lowest BCUT2D eigenvalue weighted by Gasteiger charge is -2.39. The minimum atomic E-state index is -4.57. The van der Waals surface area contributed by atoms with E-state index >= 15 is 0 Å². The van der Waals surface area contributed by atoms with Gasteiger partial charge in [-0.1, -0.05) is 42.5 Å². The van der Waals surface area contributed by atoms with Crippen LogP contribution in [0.15, 0.2) is 71.8 Å². The molecule has 36 heavy (non-hydrogen) atoms. The van der Waals surface area contributed by atoms with Crippen LogP contribution in [0.1, 0.15) is 30.7 Å². The van der Waals surface area contributed by atoms with Crippen LogP contribution in [0, 0.1) is 5.82 Å². The third kappa shape index (κ3) is 5.81. The SMILES string of the molecule is O=C(C[C@H](c1ccccc1)C(F)(F)F)N1CCC(O)(Cn2cnc(-c3ccccc3F)cc2=O)CC1. The lowest BCUT2D eigenvalue weighted by Crippen LogP contribution is -2.50. The van der Waals surface area contributed by atoms with Crippen LogP contribution in [0.2, 0.25) is 0 Å². The predicted molar refractivity (Wildman–Crippen MR) is 125 cm³/mol. The second-order valence-electron chi connectivity index (χ2n) is 9.03. The summed E-state index contributed by atoms with van der Waals surface area (Å²) in [5.41, 5.74) is -1.45. The number of aromatic nitrogens is 2. The van der Waals surface area contributed by atoms with Crippen molar-refractivity contribution in [1.82, 2.24) is 14.5 Å². The molecule has 1 atom stereocenters. The van der Waals surface area contributed by atoms with Gasteiger partial charge in [0.15, 0.2) is 0 Å². The van der Waals surface area contributed by atoms with Crippen molar-refractivity contribution < 1.29 is 27.5 Å². The molecule has 190 valence electrons. The highest BCUT2D eigenvalue weighted by Gasteiger charge is 2.43. The molecule has 0 unspecified atom stereocenters. The summed E-state index contributed by atoms with van der Waals surface area (Å²) < 4.78 is 56.1. The molecule has 1 saturated heterocycles. The molecule has 4 rings (SSSR count). The lowest BCUT2D eigenvalue weighted by atomic mass is 9.90. The van der Waals surface area contributed by atoms with Crippen LogP contribution in [0.3, 0.4) is 0 Å². The number of carbonyl (C=O) groups is 1. The van der Waals surface area contributed by atoms with Gasteiger partial charge in [0.25, 0.3) is 5.56 Å². The van der Waals surface area contributed by atoms with Gasteiger partial charge in [0.2, 0.25) is 5.91 Å². The molecule has 1 fully saturated rings. The van der Waals surface area contributed by atoms with Gasteiger partial charge in [-0.05, 0) is 30.5 Å². The van der Waals surface area contributed by atoms with E-state index in [-0.39, 0.29) is 49.3 Å². The molecule has 2 aromatic carbocycles. The van der Waals surface area contributed by atoms with Gasteiger partial charge in [0.1, 0.15) is 5.82 Å². The highest BCUT2D eigenvalue weighted by Crippen LogP contribution is 2.38. The van der Waals surface area contributed by atoms with E-state index in [9.17, 15) is 32.3 Å². The van der Waals surface area contributed by atoms with E-state index in [0.29, 0.717) is 0 Å². The first-order chi connectivity index (χ1) is 17.1. The Kier molecular flexibility index (Phi) is 7.26. The average molecular weight is 503 g/mol. The lowest BCUT2D eigenvalue weighted by molar-refractivity contribution is -0.162. The van der Waals surface area contributed by atoms with Gasteiger partial charge in [-0.15, -0.1) is 0 Å². The van der Waals surface area contributed by atoms with Gasteiger partial charge >= 0.3 is 6.18 Å². The maximum absolute atomic E-state index is 14.0. The summed E-state index contributed by atoms with van der Waals surface area (Å²) >= 11 is 0. The largest absolute Gasteiger partial charge is 0.396 e. The number of amides is 1. The van der Waals surface area contributed by atoms with Crippen molar-refractivity contribution in [3.8, 4) is 11.3 Å². The van der Waals surface area contributed by atoms with E-state index in [1.165, 1.54) is 64.3 Å². The van der Waals surface area contributed by atoms with Crippen molar-refractivity contribution in [2.24, 2.45) is 0 Å². The second-order valence-corrected chi connectivity index (χ2v) is 9.03. The number of aliphatic hydroxyl groups is 1. The topological polar surface area (TPSA) is 75.4 Å². The van der Waals surface area contributed by atoms with Crippen LogP contribution in [0.25, 0.3) is 11.3 Å². The number of alkyl halides is 3. The minimum absolute atomic E-state index is 0.0255. The molecule has 0 bridgehead atoms. The van der Waals surface area contributed by atoms with Gasteiger partial charge in [-0.25, -0.2) is 9.37 Å². The average Bonchev–Trinajstić information content (AvgIpc) is 2.84. The first-order valence-corrected chi connectivity index (χ1v) is 11.5. The van der Waals surface area contributed by atoms with Crippen molar-refractivity contribution in [3.63, 3.8) is 0 Å². The second kappa shape index (κ2) is 10.2. The van der Waals surface area contributed by atoms with Gasteiger partial charge in [-0.2, -0.15) is 13.2 Å². The number of halogens is 4. The first-order valence-electron chi connectivity index (χ1n) is 11.5. The predicted octanol–water partition coefficient (Wildman–Crippen LogP) is 4.14. The molecule has 0 saturated carbocycles. The number of hydrogen-bond donors (Lipinski definition) is 1. The highest BCUT2D eigenvalue weighted by molar-refractivity contribution is 5.77. The molecule has 0 spiro atoms. The number of hydrogen-bond acceptors (Lipinski definition) is 4. The fourth-order valence-electron chi connectivity index (χ4n) is 4.42. The van der Waals surface area contributed by atoms with E-state index < -0.39 is 41.4 Å². The normalized spacial score (nSPS) is 16.5. The zero-order chi connectivity index (χ0) is 25.9. The number of benzene rings is 2. The molecule has 6 nitrogen and oxygen atoms in total. The van der Waals surface area contributed by atoms with Gasteiger partial charge in [0, 0.05) is 31.1 Å². The molecule has 0 aliphatic carbocycles. The van der Waals surface area contributed by atoms with Crippen LogP contribution >= 0.6 is 0 Å². The van der Waals surface area contributed by atoms with Crippen LogP contribution in [-0.4, -0.2) is 50.3 Å². The van der Waals surface area contributed by atoms with Crippen molar-refractivity contribution >= 4 is 5.91 Å². The molecule has 10 heteroatoms. The first kappa shape index (κ1) is 25.6. The standard InChI is InChI=1S/C26H25F4N3O3/c27-21-9-5-4-8-19(21)22-15-24(35)33(17-31-22)16-25(36)10-12-32(13-11-25)23(34)14-20(26(28,29)30)18-6-2-1-3-7-18/h1-9,15,17,20,36H,10-14,16H2/t20-/m1/s1. The number of piperidine rings is 1. The van der Waals surface area contributed by atoms with E-state index in [1.807, 2.05) is 0 Å². The van der Waals surface area contributed by atoms with E-state index in [0.717, 1.165) is 0 Å². The summed E-state index contributed by atoms with van der Waals surface area (Å²) in [6.07, 6.45) is -3.89. The molecular weight excluding hydrogens is 478 g/mol. The van der Waals surface area contributed by atoms with E-state index in [1.54, 1.807) is 12.1 Å². The van der Waals surface area contributed by atoms with Crippen molar-refractivity contribution in [2.75, 3.05) is 13.1 Å². The van der Waals surface area contributed by atoms with Gasteiger partial charge in [-0.3, -0.25) is 14.2 Å². The fraction of sp³-hybridized carbons (Fsp3) is 0.346. The van der Waals surface area contributed by atoms with E-state index in [2.05, 4.69) is 4.98 Å². The third-order valence-corrected chi connectivity index (χ3v) is 6.52. The molecule has 1 aliphatic rings. The number of rotatable bonds is 6. The summed E-state index contributed by atoms with van der Waals surface area (Å²) in [5.74, 6) is -3.07. The van der Waals surface area contributed by atoms with E-state index in [4.69, 9.17) is 0 Å². The molecule has 1 aliphatic heterocycles. The van der Waals surface area contributed by atoms with Gasteiger partial charge in [0.05, 0.1) is 30.1 Å². The number of carbonyl (C=O) groups excluding carboxylic acids is 1. The maximum Gasteiger partial charge on any atom is 0.396 e. The summed E-state index contributed by atoms with van der Waals surface area (Å²) in [6, 6.07) is 14.4. The number of likely N-dealkylation sites (tertiary alicyclic amines) is 1. The van der Waals surface area contributed by atoms with Crippen LogP contribution in [0.5, 0.6) is 0 Å². The Hall–Kier alpha value is -3.53. The van der Waals surface area contributed by atoms with Crippen molar-refractivity contribution in [3.05, 3.63) is 88.7 Å². The summed E-state index contributed by atoms with van der Waals surface area (Å²) in [6.45, 7) is 0.0159. The zero-order valence-corrected chi connectivity index (χ0v) is 19.3. The smallest absolute Gasteiger partial charge is 0.388 e. The minimum Gasteiger partial charge on any atom is -0.388 e. The zero-order valence-electron chi connectivity index (χ0n) is 19.3. The Balaban J connectivity index is 1.40. The summed E-state index contributed by atoms with van der Waals surface area (Å²) in [7, 11) is 0. The van der Waals surface area contributed by atoms with Gasteiger partial charge < -0.3 is 10.0 Å². The Morgan fingerprint density at radius 2 is 1.69 bits per heavy atom. The summed E-state index contributed by atoms with van der Waals surface area (Å²) in [5, 5.41) is 11.0. The highest BCUT2D eigenvalue weighted by atomic mass is 19.4. The fourth-order valence-corrected chi connectivity index (χ4v) is 4.42. The Morgan fingerprint density at radius 1 is 1.06 bits per heavy atom. The Morgan fingerprint density at radius 3 is 2.31 bits per heavy atom. The molecule has 2 heterocycles. The molecule has 1 N–H and O–H groups in total.